The second kappa shape index (κ2) is 8.99. The van der Waals surface area contributed by atoms with E-state index in [1.165, 1.54) is 0 Å². The van der Waals surface area contributed by atoms with Gasteiger partial charge >= 0.3 is 5.97 Å². The molecule has 2 aromatic rings. The van der Waals surface area contributed by atoms with Crippen LogP contribution in [0.1, 0.15) is 23.2 Å². The molecule has 0 bridgehead atoms. The molecule has 0 fully saturated rings. The third-order valence-corrected chi connectivity index (χ3v) is 3.77. The Hall–Kier alpha value is -2.66. The van der Waals surface area contributed by atoms with E-state index in [4.69, 9.17) is 9.84 Å². The summed E-state index contributed by atoms with van der Waals surface area (Å²) in [7, 11) is 4.01. The van der Waals surface area contributed by atoms with E-state index in [0.717, 1.165) is 23.4 Å². The van der Waals surface area contributed by atoms with Gasteiger partial charge in [0.25, 0.3) is 0 Å². The van der Waals surface area contributed by atoms with Crippen molar-refractivity contribution in [3.05, 3.63) is 54.1 Å². The number of likely N-dealkylation sites (N-methyl/N-ethyl adjacent to an activating group) is 1. The highest BCUT2D eigenvalue weighted by atomic mass is 16.5. The summed E-state index contributed by atoms with van der Waals surface area (Å²) in [6.07, 6.45) is -0.121. The van der Waals surface area contributed by atoms with Crippen molar-refractivity contribution >= 4 is 11.8 Å². The Morgan fingerprint density at radius 1 is 0.920 bits per heavy atom. The summed E-state index contributed by atoms with van der Waals surface area (Å²) in [5.41, 5.74) is 2.56. The number of carboxylic acids is 1. The third kappa shape index (κ3) is 6.04. The number of carboxylic acid groups (broad SMARTS) is 1. The summed E-state index contributed by atoms with van der Waals surface area (Å²) in [6.45, 7) is 1.50. The maximum atomic E-state index is 11.9. The highest BCUT2D eigenvalue weighted by Crippen LogP contribution is 2.23. The molecule has 0 aliphatic carbocycles. The average Bonchev–Trinajstić information content (AvgIpc) is 2.60. The van der Waals surface area contributed by atoms with E-state index in [1.807, 2.05) is 50.5 Å². The molecular formula is C20H23NO4. The monoisotopic (exact) mass is 341 g/mol. The topological polar surface area (TPSA) is 66.8 Å². The lowest BCUT2D eigenvalue weighted by Gasteiger charge is -2.11. The lowest BCUT2D eigenvalue weighted by Crippen LogP contribution is -2.19. The van der Waals surface area contributed by atoms with Gasteiger partial charge in [0.05, 0.1) is 6.42 Å². The molecule has 0 atom stereocenters. The number of carbonyl (C=O) groups excluding carboxylic acids is 1. The Morgan fingerprint density at radius 2 is 1.48 bits per heavy atom. The van der Waals surface area contributed by atoms with Gasteiger partial charge in [0.2, 0.25) is 0 Å². The van der Waals surface area contributed by atoms with Crippen LogP contribution in [-0.4, -0.2) is 49.0 Å². The first-order valence-electron chi connectivity index (χ1n) is 8.19. The Bertz CT molecular complexity index is 705. The van der Waals surface area contributed by atoms with Gasteiger partial charge in [-0.1, -0.05) is 36.4 Å². The van der Waals surface area contributed by atoms with Crippen LogP contribution in [0.4, 0.5) is 0 Å². The standard InChI is InChI=1S/C20H23NO4/c1-21(2)13-14-25-18-9-7-16(8-10-18)15-3-5-17(6-4-15)19(22)11-12-20(23)24/h3-10H,11-14H2,1-2H3,(H,23,24). The van der Waals surface area contributed by atoms with E-state index in [9.17, 15) is 9.59 Å². The largest absolute Gasteiger partial charge is 0.492 e. The first-order chi connectivity index (χ1) is 12.0. The number of benzene rings is 2. The summed E-state index contributed by atoms with van der Waals surface area (Å²) in [5.74, 6) is -0.289. The van der Waals surface area contributed by atoms with Gasteiger partial charge < -0.3 is 14.7 Å². The van der Waals surface area contributed by atoms with Gasteiger partial charge in [-0.05, 0) is 37.4 Å². The molecule has 0 unspecified atom stereocenters. The molecule has 5 nitrogen and oxygen atoms in total. The van der Waals surface area contributed by atoms with Crippen molar-refractivity contribution in [2.75, 3.05) is 27.2 Å². The first kappa shape index (κ1) is 18.7. The Morgan fingerprint density at radius 3 is 2.00 bits per heavy atom. The minimum Gasteiger partial charge on any atom is -0.492 e. The fourth-order valence-corrected chi connectivity index (χ4v) is 2.30. The molecule has 1 N–H and O–H groups in total. The predicted octanol–water partition coefficient (Wildman–Crippen LogP) is 3.34. The van der Waals surface area contributed by atoms with Crippen LogP contribution < -0.4 is 4.74 Å². The molecular weight excluding hydrogens is 318 g/mol. The average molecular weight is 341 g/mol. The fourth-order valence-electron chi connectivity index (χ4n) is 2.30. The fraction of sp³-hybridized carbons (Fsp3) is 0.300. The number of ether oxygens (including phenoxy) is 1. The number of nitrogens with zero attached hydrogens (tertiary/aromatic N) is 1. The molecule has 0 spiro atoms. The minimum absolute atomic E-state index is 0.0215. The summed E-state index contributed by atoms with van der Waals surface area (Å²) in [4.78, 5) is 24.5. The molecule has 0 aromatic heterocycles. The number of Topliss-reactive ketones (excluding diaryl/α,β-unsaturated/α-hetero) is 1. The van der Waals surface area contributed by atoms with E-state index in [2.05, 4.69) is 4.90 Å². The van der Waals surface area contributed by atoms with Gasteiger partial charge in [0.15, 0.2) is 5.78 Å². The summed E-state index contributed by atoms with van der Waals surface area (Å²) in [5, 5.41) is 8.64. The molecule has 0 saturated heterocycles. The Balaban J connectivity index is 1.97. The van der Waals surface area contributed by atoms with Crippen molar-refractivity contribution in [2.45, 2.75) is 12.8 Å². The smallest absolute Gasteiger partial charge is 0.303 e. The van der Waals surface area contributed by atoms with Crippen molar-refractivity contribution in [3.63, 3.8) is 0 Å². The summed E-state index contributed by atoms with van der Waals surface area (Å²) < 4.78 is 5.67. The molecule has 5 heteroatoms. The number of ketones is 1. The van der Waals surface area contributed by atoms with Crippen molar-refractivity contribution in [1.82, 2.24) is 4.90 Å². The second-order valence-corrected chi connectivity index (χ2v) is 6.07. The molecule has 2 aromatic carbocycles. The van der Waals surface area contributed by atoms with E-state index in [-0.39, 0.29) is 18.6 Å². The maximum absolute atomic E-state index is 11.9. The zero-order valence-electron chi connectivity index (χ0n) is 14.6. The zero-order chi connectivity index (χ0) is 18.2. The number of hydrogen-bond acceptors (Lipinski definition) is 4. The van der Waals surface area contributed by atoms with Crippen LogP contribution >= 0.6 is 0 Å². The summed E-state index contributed by atoms with van der Waals surface area (Å²) in [6, 6.07) is 15.0. The lowest BCUT2D eigenvalue weighted by atomic mass is 10.0. The predicted molar refractivity (Wildman–Crippen MR) is 97.1 cm³/mol. The van der Waals surface area contributed by atoms with Crippen molar-refractivity contribution in [3.8, 4) is 16.9 Å². The lowest BCUT2D eigenvalue weighted by molar-refractivity contribution is -0.136. The summed E-state index contributed by atoms with van der Waals surface area (Å²) >= 11 is 0. The van der Waals surface area contributed by atoms with Gasteiger partial charge in [0, 0.05) is 18.5 Å². The number of hydrogen-bond donors (Lipinski definition) is 1. The van der Waals surface area contributed by atoms with Crippen LogP contribution in [0.25, 0.3) is 11.1 Å². The number of rotatable bonds is 9. The molecule has 0 aliphatic heterocycles. The van der Waals surface area contributed by atoms with Crippen LogP contribution in [0.15, 0.2) is 48.5 Å². The van der Waals surface area contributed by atoms with E-state index < -0.39 is 5.97 Å². The third-order valence-electron chi connectivity index (χ3n) is 3.77. The van der Waals surface area contributed by atoms with Gasteiger partial charge in [0.1, 0.15) is 12.4 Å². The highest BCUT2D eigenvalue weighted by molar-refractivity contribution is 5.97. The van der Waals surface area contributed by atoms with Gasteiger partial charge in [-0.25, -0.2) is 0 Å². The van der Waals surface area contributed by atoms with Crippen molar-refractivity contribution < 1.29 is 19.4 Å². The SMILES string of the molecule is CN(C)CCOc1ccc(-c2ccc(C(=O)CCC(=O)O)cc2)cc1. The molecule has 0 aliphatic rings. The first-order valence-corrected chi connectivity index (χ1v) is 8.19. The zero-order valence-corrected chi connectivity index (χ0v) is 14.6. The second-order valence-electron chi connectivity index (χ2n) is 6.07. The molecule has 0 amide bonds. The molecule has 25 heavy (non-hydrogen) atoms. The van der Waals surface area contributed by atoms with Crippen molar-refractivity contribution in [1.29, 1.82) is 0 Å². The van der Waals surface area contributed by atoms with Gasteiger partial charge in [-0.2, -0.15) is 0 Å². The van der Waals surface area contributed by atoms with E-state index >= 15 is 0 Å². The van der Waals surface area contributed by atoms with E-state index in [0.29, 0.717) is 12.2 Å². The normalized spacial score (nSPS) is 10.7. The molecule has 0 heterocycles. The van der Waals surface area contributed by atoms with Crippen LogP contribution in [0.5, 0.6) is 5.75 Å². The molecule has 0 saturated carbocycles. The minimum atomic E-state index is -0.960. The highest BCUT2D eigenvalue weighted by Gasteiger charge is 2.08. The number of carbonyl (C=O) groups is 2. The van der Waals surface area contributed by atoms with Gasteiger partial charge in [-0.3, -0.25) is 9.59 Å². The van der Waals surface area contributed by atoms with Crippen LogP contribution in [0.2, 0.25) is 0 Å². The quantitative estimate of drug-likeness (QED) is 0.709. The maximum Gasteiger partial charge on any atom is 0.303 e. The Labute approximate surface area is 147 Å². The van der Waals surface area contributed by atoms with Gasteiger partial charge in [-0.15, -0.1) is 0 Å². The number of aliphatic carboxylic acids is 1. The molecule has 0 radical (unpaired) electrons. The van der Waals surface area contributed by atoms with E-state index in [1.54, 1.807) is 12.1 Å². The molecule has 2 rings (SSSR count). The van der Waals surface area contributed by atoms with Crippen LogP contribution in [-0.2, 0) is 4.79 Å². The van der Waals surface area contributed by atoms with Crippen LogP contribution in [0.3, 0.4) is 0 Å². The molecule has 132 valence electrons. The Kier molecular flexibility index (Phi) is 6.71. The van der Waals surface area contributed by atoms with Crippen LogP contribution in [0, 0.1) is 0 Å². The van der Waals surface area contributed by atoms with Crippen molar-refractivity contribution in [2.24, 2.45) is 0 Å².